The van der Waals surface area contributed by atoms with E-state index in [2.05, 4.69) is 5.32 Å². The van der Waals surface area contributed by atoms with Crippen LogP contribution in [0.2, 0.25) is 0 Å². The maximum atomic E-state index is 12.6. The number of imide groups is 1. The first-order chi connectivity index (χ1) is 12.2. The minimum Gasteiger partial charge on any atom is -0.494 e. The van der Waals surface area contributed by atoms with Gasteiger partial charge in [0.2, 0.25) is 5.91 Å². The van der Waals surface area contributed by atoms with Crippen LogP contribution in [0.15, 0.2) is 54.6 Å². The lowest BCUT2D eigenvalue weighted by Crippen LogP contribution is -2.38. The number of amides is 2. The Morgan fingerprint density at radius 3 is 2.48 bits per heavy atom. The lowest BCUT2D eigenvalue weighted by atomic mass is 10.2. The number of carbonyl (C=O) groups excluding carboxylic acids is 2. The number of nitrogens with zero attached hydrogens (tertiary/aromatic N) is 1. The molecule has 2 aromatic rings. The predicted molar refractivity (Wildman–Crippen MR) is 96.4 cm³/mol. The van der Waals surface area contributed by atoms with Gasteiger partial charge in [0.15, 0.2) is 0 Å². The molecular formula is C20H22N2O3. The zero-order chi connectivity index (χ0) is 17.6. The summed E-state index contributed by atoms with van der Waals surface area (Å²) >= 11 is 0. The highest BCUT2D eigenvalue weighted by atomic mass is 16.5. The van der Waals surface area contributed by atoms with Gasteiger partial charge in [-0.3, -0.25) is 9.59 Å². The molecule has 1 heterocycles. The summed E-state index contributed by atoms with van der Waals surface area (Å²) in [6.45, 7) is 3.24. The van der Waals surface area contributed by atoms with Crippen molar-refractivity contribution in [2.24, 2.45) is 0 Å². The second-order valence-electron chi connectivity index (χ2n) is 6.03. The highest BCUT2D eigenvalue weighted by Crippen LogP contribution is 2.25. The average Bonchev–Trinajstić information content (AvgIpc) is 2.93. The van der Waals surface area contributed by atoms with E-state index in [0.29, 0.717) is 18.8 Å². The van der Waals surface area contributed by atoms with E-state index >= 15 is 0 Å². The molecule has 1 N–H and O–H groups in total. The highest BCUT2D eigenvalue weighted by Gasteiger charge is 2.39. The van der Waals surface area contributed by atoms with Gasteiger partial charge >= 0.3 is 0 Å². The fourth-order valence-corrected chi connectivity index (χ4v) is 2.81. The third-order valence-electron chi connectivity index (χ3n) is 4.11. The van der Waals surface area contributed by atoms with Gasteiger partial charge in [0.05, 0.1) is 24.8 Å². The number of ether oxygens (including phenoxy) is 1. The molecule has 0 radical (unpaired) electrons. The summed E-state index contributed by atoms with van der Waals surface area (Å²) in [6, 6.07) is 16.4. The second kappa shape index (κ2) is 7.94. The molecule has 0 saturated carbocycles. The fourth-order valence-electron chi connectivity index (χ4n) is 2.81. The molecule has 2 amide bonds. The van der Waals surface area contributed by atoms with Crippen LogP contribution in [0.4, 0.5) is 5.69 Å². The number of hydrogen-bond donors (Lipinski definition) is 1. The average molecular weight is 338 g/mol. The lowest BCUT2D eigenvalue weighted by Gasteiger charge is -2.16. The third kappa shape index (κ3) is 4.06. The van der Waals surface area contributed by atoms with E-state index in [0.717, 1.165) is 17.7 Å². The van der Waals surface area contributed by atoms with Crippen LogP contribution in [0, 0.1) is 0 Å². The van der Waals surface area contributed by atoms with Gasteiger partial charge in [0, 0.05) is 6.54 Å². The Morgan fingerprint density at radius 2 is 1.80 bits per heavy atom. The monoisotopic (exact) mass is 338 g/mol. The molecule has 0 unspecified atom stereocenters. The molecule has 0 bridgehead atoms. The van der Waals surface area contributed by atoms with Gasteiger partial charge in [-0.15, -0.1) is 0 Å². The van der Waals surface area contributed by atoms with Crippen LogP contribution in [-0.2, 0) is 16.1 Å². The van der Waals surface area contributed by atoms with Crippen molar-refractivity contribution in [3.63, 3.8) is 0 Å². The Kier molecular flexibility index (Phi) is 5.46. The number of rotatable bonds is 7. The maximum absolute atomic E-state index is 12.6. The zero-order valence-corrected chi connectivity index (χ0v) is 14.3. The molecule has 5 nitrogen and oxygen atoms in total. The Morgan fingerprint density at radius 1 is 1.08 bits per heavy atom. The Hall–Kier alpha value is -2.66. The highest BCUT2D eigenvalue weighted by molar-refractivity contribution is 6.22. The number of hydrogen-bond acceptors (Lipinski definition) is 4. The van der Waals surface area contributed by atoms with Crippen molar-refractivity contribution in [2.45, 2.75) is 32.4 Å². The quantitative estimate of drug-likeness (QED) is 0.789. The molecule has 2 aromatic carbocycles. The van der Waals surface area contributed by atoms with E-state index in [-0.39, 0.29) is 18.2 Å². The van der Waals surface area contributed by atoms with Gasteiger partial charge in [-0.2, -0.15) is 0 Å². The van der Waals surface area contributed by atoms with E-state index in [1.807, 2.05) is 37.3 Å². The molecular weight excluding hydrogens is 316 g/mol. The maximum Gasteiger partial charge on any atom is 0.251 e. The fraction of sp³-hybridized carbons (Fsp3) is 0.300. The van der Waals surface area contributed by atoms with Crippen molar-refractivity contribution in [1.29, 1.82) is 0 Å². The van der Waals surface area contributed by atoms with E-state index in [1.54, 1.807) is 24.3 Å². The van der Waals surface area contributed by atoms with Crippen molar-refractivity contribution in [3.05, 3.63) is 60.2 Å². The topological polar surface area (TPSA) is 58.6 Å². The van der Waals surface area contributed by atoms with Gasteiger partial charge < -0.3 is 10.1 Å². The van der Waals surface area contributed by atoms with Crippen LogP contribution in [0.25, 0.3) is 0 Å². The van der Waals surface area contributed by atoms with E-state index < -0.39 is 6.04 Å². The van der Waals surface area contributed by atoms with Gasteiger partial charge in [-0.1, -0.05) is 37.3 Å². The first kappa shape index (κ1) is 17.2. The summed E-state index contributed by atoms with van der Waals surface area (Å²) in [4.78, 5) is 26.2. The molecule has 1 aliphatic heterocycles. The summed E-state index contributed by atoms with van der Waals surface area (Å²) < 4.78 is 5.53. The lowest BCUT2D eigenvalue weighted by molar-refractivity contribution is -0.121. The first-order valence-electron chi connectivity index (χ1n) is 8.56. The van der Waals surface area contributed by atoms with Crippen LogP contribution in [-0.4, -0.2) is 24.5 Å². The van der Waals surface area contributed by atoms with Crippen LogP contribution < -0.4 is 15.0 Å². The van der Waals surface area contributed by atoms with E-state index in [4.69, 9.17) is 4.74 Å². The Labute approximate surface area is 147 Å². The summed E-state index contributed by atoms with van der Waals surface area (Å²) in [5, 5.41) is 3.18. The molecule has 5 heteroatoms. The smallest absolute Gasteiger partial charge is 0.251 e. The van der Waals surface area contributed by atoms with Gasteiger partial charge in [0.1, 0.15) is 5.75 Å². The van der Waals surface area contributed by atoms with Crippen molar-refractivity contribution in [2.75, 3.05) is 11.5 Å². The van der Waals surface area contributed by atoms with E-state index in [9.17, 15) is 9.59 Å². The normalized spacial score (nSPS) is 17.2. The van der Waals surface area contributed by atoms with Crippen LogP contribution in [0.1, 0.15) is 25.3 Å². The van der Waals surface area contributed by atoms with Crippen LogP contribution >= 0.6 is 0 Å². The number of benzene rings is 2. The number of carbonyl (C=O) groups is 2. The molecule has 1 fully saturated rings. The van der Waals surface area contributed by atoms with Crippen LogP contribution in [0.3, 0.4) is 0 Å². The summed E-state index contributed by atoms with van der Waals surface area (Å²) in [6.07, 6.45) is 1.11. The SMILES string of the molecule is CCCOc1ccc(N2C(=O)C[C@H](NCc3ccccc3)C2=O)cc1. The summed E-state index contributed by atoms with van der Waals surface area (Å²) in [5.74, 6) is 0.351. The molecule has 1 atom stereocenters. The standard InChI is InChI=1S/C20H22N2O3/c1-2-12-25-17-10-8-16(9-11-17)22-19(23)13-18(20(22)24)21-14-15-6-4-3-5-7-15/h3-11,18,21H,2,12-14H2,1H3/t18-/m0/s1. The largest absolute Gasteiger partial charge is 0.494 e. The zero-order valence-electron chi connectivity index (χ0n) is 14.3. The minimum atomic E-state index is -0.483. The number of anilines is 1. The van der Waals surface area contributed by atoms with Crippen molar-refractivity contribution in [1.82, 2.24) is 5.32 Å². The second-order valence-corrected chi connectivity index (χ2v) is 6.03. The Bertz CT molecular complexity index is 728. The minimum absolute atomic E-state index is 0.180. The summed E-state index contributed by atoms with van der Waals surface area (Å²) in [5.41, 5.74) is 1.67. The molecule has 0 aromatic heterocycles. The summed E-state index contributed by atoms with van der Waals surface area (Å²) in [7, 11) is 0. The van der Waals surface area contributed by atoms with Crippen molar-refractivity contribution >= 4 is 17.5 Å². The van der Waals surface area contributed by atoms with E-state index in [1.165, 1.54) is 4.90 Å². The van der Waals surface area contributed by atoms with Crippen molar-refractivity contribution in [3.8, 4) is 5.75 Å². The van der Waals surface area contributed by atoms with Gasteiger partial charge in [0.25, 0.3) is 5.91 Å². The first-order valence-corrected chi connectivity index (χ1v) is 8.56. The predicted octanol–water partition coefficient (Wildman–Crippen LogP) is 2.90. The molecule has 3 rings (SSSR count). The van der Waals surface area contributed by atoms with Gasteiger partial charge in [-0.25, -0.2) is 4.90 Å². The molecule has 0 spiro atoms. The molecule has 25 heavy (non-hydrogen) atoms. The third-order valence-corrected chi connectivity index (χ3v) is 4.11. The number of nitrogens with one attached hydrogen (secondary N) is 1. The molecule has 1 saturated heterocycles. The van der Waals surface area contributed by atoms with Gasteiger partial charge in [-0.05, 0) is 36.2 Å². The Balaban J connectivity index is 1.64. The molecule has 0 aliphatic carbocycles. The van der Waals surface area contributed by atoms with Crippen molar-refractivity contribution < 1.29 is 14.3 Å². The molecule has 1 aliphatic rings. The van der Waals surface area contributed by atoms with Crippen LogP contribution in [0.5, 0.6) is 5.75 Å². The molecule has 130 valence electrons.